The Labute approximate surface area is 186 Å². The first-order valence-electron chi connectivity index (χ1n) is 10.1. The summed E-state index contributed by atoms with van der Waals surface area (Å²) in [6, 6.07) is 13.7. The van der Waals surface area contributed by atoms with E-state index in [2.05, 4.69) is 20.4 Å². The molecule has 1 aliphatic rings. The Morgan fingerprint density at radius 2 is 1.74 bits per heavy atom. The fourth-order valence-electron chi connectivity index (χ4n) is 3.79. The average Bonchev–Trinajstić information content (AvgIpc) is 3.18. The fraction of sp³-hybridized carbons (Fsp3) is 0.381. The summed E-state index contributed by atoms with van der Waals surface area (Å²) in [5.41, 5.74) is 1.89. The van der Waals surface area contributed by atoms with Crippen LogP contribution in [0.4, 0.5) is 0 Å². The minimum absolute atomic E-state index is 0.226. The number of aromatic nitrogens is 4. The van der Waals surface area contributed by atoms with E-state index in [1.54, 1.807) is 36.4 Å². The highest BCUT2D eigenvalue weighted by Gasteiger charge is 2.32. The van der Waals surface area contributed by atoms with Crippen LogP contribution in [0.2, 0.25) is 5.02 Å². The van der Waals surface area contributed by atoms with Crippen LogP contribution in [0, 0.1) is 6.92 Å². The van der Waals surface area contributed by atoms with Crippen molar-refractivity contribution in [3.63, 3.8) is 0 Å². The molecule has 0 unspecified atom stereocenters. The zero-order chi connectivity index (χ0) is 22.0. The van der Waals surface area contributed by atoms with Crippen LogP contribution in [-0.4, -0.2) is 57.8 Å². The number of aryl methyl sites for hydroxylation is 1. The molecule has 1 saturated heterocycles. The lowest BCUT2D eigenvalue weighted by atomic mass is 10.00. The minimum Gasteiger partial charge on any atom is -0.393 e. The van der Waals surface area contributed by atoms with Crippen molar-refractivity contribution in [3.05, 3.63) is 70.5 Å². The molecule has 31 heavy (non-hydrogen) atoms. The minimum atomic E-state index is -3.64. The van der Waals surface area contributed by atoms with Crippen LogP contribution >= 0.6 is 11.6 Å². The summed E-state index contributed by atoms with van der Waals surface area (Å²) in [6.45, 7) is 3.19. The number of tetrazole rings is 1. The first-order valence-corrected chi connectivity index (χ1v) is 12.1. The maximum absolute atomic E-state index is 13.0. The standard InChI is InChI=1S/C21H24ClN5O3S/c1-15-2-8-19(9-3-15)31(29,30)14-27-21(23-24-25-27)20(16-4-6-17(22)7-5-16)26-12-10-18(28)11-13-26/h2-9,18,20,28H,10-14H2,1H3/t20-/m0/s1. The van der Waals surface area contributed by atoms with Gasteiger partial charge in [-0.3, -0.25) is 4.90 Å². The van der Waals surface area contributed by atoms with Crippen molar-refractivity contribution in [2.75, 3.05) is 13.1 Å². The molecule has 0 radical (unpaired) electrons. The molecule has 2 aromatic carbocycles. The van der Waals surface area contributed by atoms with E-state index < -0.39 is 9.84 Å². The van der Waals surface area contributed by atoms with Gasteiger partial charge in [0.25, 0.3) is 0 Å². The molecular weight excluding hydrogens is 438 g/mol. The normalized spacial score (nSPS) is 17.0. The van der Waals surface area contributed by atoms with E-state index in [-0.39, 0.29) is 22.9 Å². The van der Waals surface area contributed by atoms with Gasteiger partial charge in [-0.15, -0.1) is 5.10 Å². The van der Waals surface area contributed by atoms with Gasteiger partial charge in [-0.1, -0.05) is 41.4 Å². The molecule has 1 atom stereocenters. The summed E-state index contributed by atoms with van der Waals surface area (Å²) >= 11 is 6.07. The van der Waals surface area contributed by atoms with Crippen LogP contribution in [0.3, 0.4) is 0 Å². The highest BCUT2D eigenvalue weighted by atomic mass is 35.5. The van der Waals surface area contributed by atoms with Crippen LogP contribution in [0.25, 0.3) is 0 Å². The van der Waals surface area contributed by atoms with Gasteiger partial charge < -0.3 is 5.11 Å². The van der Waals surface area contributed by atoms with Crippen molar-refractivity contribution in [1.82, 2.24) is 25.1 Å². The van der Waals surface area contributed by atoms with Gasteiger partial charge >= 0.3 is 0 Å². The van der Waals surface area contributed by atoms with E-state index in [0.717, 1.165) is 11.1 Å². The second-order valence-corrected chi connectivity index (χ2v) is 10.2. The number of likely N-dealkylation sites (tertiary alicyclic amines) is 1. The first-order chi connectivity index (χ1) is 14.8. The molecule has 8 nitrogen and oxygen atoms in total. The van der Waals surface area contributed by atoms with Crippen molar-refractivity contribution < 1.29 is 13.5 Å². The molecule has 1 N–H and O–H groups in total. The molecule has 1 fully saturated rings. The molecule has 0 aliphatic carbocycles. The Kier molecular flexibility index (Phi) is 6.38. The lowest BCUT2D eigenvalue weighted by Crippen LogP contribution is -2.40. The third-order valence-corrected chi connectivity index (χ3v) is 7.35. The molecule has 0 saturated carbocycles. The summed E-state index contributed by atoms with van der Waals surface area (Å²) in [4.78, 5) is 2.39. The predicted octanol–water partition coefficient (Wildman–Crippen LogP) is 2.61. The number of benzene rings is 2. The molecule has 0 amide bonds. The van der Waals surface area contributed by atoms with E-state index in [1.165, 1.54) is 4.68 Å². The lowest BCUT2D eigenvalue weighted by Gasteiger charge is -2.35. The smallest absolute Gasteiger partial charge is 0.198 e. The third kappa shape index (κ3) is 4.95. The highest BCUT2D eigenvalue weighted by molar-refractivity contribution is 7.90. The van der Waals surface area contributed by atoms with E-state index in [0.29, 0.717) is 36.8 Å². The average molecular weight is 462 g/mol. The summed E-state index contributed by atoms with van der Waals surface area (Å²) in [5, 5.41) is 22.5. The molecule has 1 aromatic heterocycles. The van der Waals surface area contributed by atoms with E-state index in [4.69, 9.17) is 11.6 Å². The highest BCUT2D eigenvalue weighted by Crippen LogP contribution is 2.31. The van der Waals surface area contributed by atoms with Crippen LogP contribution < -0.4 is 0 Å². The van der Waals surface area contributed by atoms with Crippen molar-refractivity contribution in [2.24, 2.45) is 0 Å². The largest absolute Gasteiger partial charge is 0.393 e. The Morgan fingerprint density at radius 3 is 2.39 bits per heavy atom. The van der Waals surface area contributed by atoms with E-state index in [9.17, 15) is 13.5 Å². The SMILES string of the molecule is Cc1ccc(S(=O)(=O)Cn2nnnc2[C@H](c2ccc(Cl)cc2)N2CCC(O)CC2)cc1. The number of aliphatic hydroxyl groups is 1. The Hall–Kier alpha value is -2.33. The van der Waals surface area contributed by atoms with Gasteiger partial charge in [0.2, 0.25) is 0 Å². The number of piperidine rings is 1. The third-order valence-electron chi connectivity index (χ3n) is 5.53. The number of sulfone groups is 1. The maximum Gasteiger partial charge on any atom is 0.198 e. The first kappa shape index (κ1) is 21.9. The van der Waals surface area contributed by atoms with Crippen molar-refractivity contribution in [2.45, 2.75) is 42.7 Å². The summed E-state index contributed by atoms with van der Waals surface area (Å²) in [7, 11) is -3.64. The van der Waals surface area contributed by atoms with Gasteiger partial charge in [-0.25, -0.2) is 13.1 Å². The number of rotatable bonds is 6. The van der Waals surface area contributed by atoms with Gasteiger partial charge in [0.15, 0.2) is 21.5 Å². The zero-order valence-corrected chi connectivity index (χ0v) is 18.7. The van der Waals surface area contributed by atoms with Crippen molar-refractivity contribution >= 4 is 21.4 Å². The summed E-state index contributed by atoms with van der Waals surface area (Å²) in [5.74, 6) is 0.0771. The van der Waals surface area contributed by atoms with Gasteiger partial charge in [0.1, 0.15) is 0 Å². The topological polar surface area (TPSA) is 101 Å². The Balaban J connectivity index is 1.69. The molecule has 164 valence electrons. The van der Waals surface area contributed by atoms with Crippen LogP contribution in [0.5, 0.6) is 0 Å². The number of halogens is 1. The monoisotopic (exact) mass is 461 g/mol. The molecule has 1 aliphatic heterocycles. The van der Waals surface area contributed by atoms with E-state index in [1.807, 2.05) is 19.1 Å². The predicted molar refractivity (Wildman–Crippen MR) is 116 cm³/mol. The van der Waals surface area contributed by atoms with Gasteiger partial charge in [-0.2, -0.15) is 0 Å². The summed E-state index contributed by atoms with van der Waals surface area (Å²) in [6.07, 6.45) is 0.931. The zero-order valence-electron chi connectivity index (χ0n) is 17.1. The van der Waals surface area contributed by atoms with Gasteiger partial charge in [-0.05, 0) is 60.0 Å². The van der Waals surface area contributed by atoms with Crippen molar-refractivity contribution in [3.8, 4) is 0 Å². The molecular formula is C21H24ClN5O3S. The summed E-state index contributed by atoms with van der Waals surface area (Å²) < 4.78 is 27.4. The molecule has 4 rings (SSSR count). The second kappa shape index (κ2) is 9.04. The lowest BCUT2D eigenvalue weighted by molar-refractivity contribution is 0.0663. The number of nitrogens with zero attached hydrogens (tertiary/aromatic N) is 5. The molecule has 2 heterocycles. The van der Waals surface area contributed by atoms with Crippen molar-refractivity contribution in [1.29, 1.82) is 0 Å². The van der Waals surface area contributed by atoms with E-state index >= 15 is 0 Å². The number of hydrogen-bond acceptors (Lipinski definition) is 7. The number of aliphatic hydroxyl groups excluding tert-OH is 1. The molecule has 10 heteroatoms. The van der Waals surface area contributed by atoms with Gasteiger partial charge in [0.05, 0.1) is 17.0 Å². The van der Waals surface area contributed by atoms with Crippen LogP contribution in [-0.2, 0) is 15.7 Å². The molecule has 0 bridgehead atoms. The fourth-order valence-corrected chi connectivity index (χ4v) is 5.12. The Bertz CT molecular complexity index is 1120. The maximum atomic E-state index is 13.0. The quantitative estimate of drug-likeness (QED) is 0.602. The van der Waals surface area contributed by atoms with Gasteiger partial charge in [0, 0.05) is 18.1 Å². The molecule has 0 spiro atoms. The molecule has 3 aromatic rings. The Morgan fingerprint density at radius 1 is 1.10 bits per heavy atom. The van der Waals surface area contributed by atoms with Crippen LogP contribution in [0.1, 0.15) is 35.8 Å². The number of hydrogen-bond donors (Lipinski definition) is 1. The van der Waals surface area contributed by atoms with Crippen LogP contribution in [0.15, 0.2) is 53.4 Å². The second-order valence-electron chi connectivity index (χ2n) is 7.81.